The number of pyridine rings is 1. The van der Waals surface area contributed by atoms with Gasteiger partial charge in [-0.2, -0.15) is 5.26 Å². The van der Waals surface area contributed by atoms with Gasteiger partial charge >= 0.3 is 5.97 Å². The lowest BCUT2D eigenvalue weighted by molar-refractivity contribution is -0.141. The molecule has 2 aliphatic rings. The molecule has 0 radical (unpaired) electrons. The van der Waals surface area contributed by atoms with Crippen LogP contribution in [0.2, 0.25) is 0 Å². The number of amides is 1. The molecule has 7 nitrogen and oxygen atoms in total. The second-order valence-electron chi connectivity index (χ2n) is 5.99. The number of rotatable bonds is 3. The highest BCUT2D eigenvalue weighted by molar-refractivity contribution is 5.86. The highest BCUT2D eigenvalue weighted by Crippen LogP contribution is 2.28. The van der Waals surface area contributed by atoms with Crippen molar-refractivity contribution in [1.29, 1.82) is 5.26 Å². The third kappa shape index (κ3) is 2.97. The molecule has 0 spiro atoms. The van der Waals surface area contributed by atoms with Crippen LogP contribution in [-0.4, -0.2) is 52.5 Å². The number of anilines is 1. The molecule has 7 heteroatoms. The number of carbonyl (C=O) groups is 2. The van der Waals surface area contributed by atoms with Gasteiger partial charge in [0, 0.05) is 38.3 Å². The Hall–Kier alpha value is -2.62. The maximum absolute atomic E-state index is 12.0. The van der Waals surface area contributed by atoms with Crippen LogP contribution in [0.15, 0.2) is 18.3 Å². The molecule has 3 rings (SSSR count). The second kappa shape index (κ2) is 6.24. The fourth-order valence-corrected chi connectivity index (χ4v) is 3.38. The zero-order valence-electron chi connectivity index (χ0n) is 12.7. The van der Waals surface area contributed by atoms with Crippen LogP contribution >= 0.6 is 0 Å². The number of hydrogen-bond donors (Lipinski definition) is 1. The summed E-state index contributed by atoms with van der Waals surface area (Å²) < 4.78 is 0. The van der Waals surface area contributed by atoms with E-state index >= 15 is 0 Å². The first-order chi connectivity index (χ1) is 11.1. The van der Waals surface area contributed by atoms with E-state index < -0.39 is 11.9 Å². The number of hydrogen-bond acceptors (Lipinski definition) is 5. The summed E-state index contributed by atoms with van der Waals surface area (Å²) in [6.07, 6.45) is 3.30. The monoisotopic (exact) mass is 314 g/mol. The molecule has 1 aromatic rings. The number of piperidine rings is 1. The van der Waals surface area contributed by atoms with Crippen LogP contribution in [0, 0.1) is 17.2 Å². The standard InChI is InChI=1S/C16H18N4O3/c17-9-11-2-1-5-18-15(11)19-6-3-13(4-7-19)20-10-12(16(22)23)8-14(20)21/h1-2,5,12-13H,3-4,6-8,10H2,(H,22,23)/t12-/m1/s1. The van der Waals surface area contributed by atoms with E-state index in [-0.39, 0.29) is 18.4 Å². The van der Waals surface area contributed by atoms with Gasteiger partial charge in [-0.25, -0.2) is 4.98 Å². The Balaban J connectivity index is 1.64. The minimum atomic E-state index is -0.898. The Morgan fingerprint density at radius 1 is 1.39 bits per heavy atom. The van der Waals surface area contributed by atoms with Gasteiger partial charge in [0.15, 0.2) is 0 Å². The summed E-state index contributed by atoms with van der Waals surface area (Å²) in [6.45, 7) is 1.72. The van der Waals surface area contributed by atoms with Crippen molar-refractivity contribution < 1.29 is 14.7 Å². The molecule has 3 heterocycles. The van der Waals surface area contributed by atoms with Gasteiger partial charge < -0.3 is 14.9 Å². The maximum atomic E-state index is 12.0. The van der Waals surface area contributed by atoms with Gasteiger partial charge in [0.25, 0.3) is 0 Å². The number of carboxylic acid groups (broad SMARTS) is 1. The van der Waals surface area contributed by atoms with Crippen LogP contribution in [0.5, 0.6) is 0 Å². The molecule has 2 saturated heterocycles. The molecule has 0 aromatic carbocycles. The second-order valence-corrected chi connectivity index (χ2v) is 5.99. The van der Waals surface area contributed by atoms with Gasteiger partial charge in [-0.05, 0) is 25.0 Å². The molecule has 0 unspecified atom stereocenters. The van der Waals surface area contributed by atoms with Crippen molar-refractivity contribution in [2.45, 2.75) is 25.3 Å². The fraction of sp³-hybridized carbons (Fsp3) is 0.500. The molecule has 0 saturated carbocycles. The van der Waals surface area contributed by atoms with Gasteiger partial charge in [-0.1, -0.05) is 0 Å². The first-order valence-corrected chi connectivity index (χ1v) is 7.72. The predicted octanol–water partition coefficient (Wildman–Crippen LogP) is 0.855. The molecular formula is C16H18N4O3. The number of carboxylic acids is 1. The van der Waals surface area contributed by atoms with Crippen LogP contribution in [0.25, 0.3) is 0 Å². The van der Waals surface area contributed by atoms with Crippen molar-refractivity contribution in [3.63, 3.8) is 0 Å². The number of aromatic nitrogens is 1. The Morgan fingerprint density at radius 3 is 2.74 bits per heavy atom. The van der Waals surface area contributed by atoms with Crippen molar-refractivity contribution in [2.24, 2.45) is 5.92 Å². The number of nitrogens with zero attached hydrogens (tertiary/aromatic N) is 4. The number of nitriles is 1. The topological polar surface area (TPSA) is 97.5 Å². The predicted molar refractivity (Wildman–Crippen MR) is 81.6 cm³/mol. The molecule has 0 aliphatic carbocycles. The highest BCUT2D eigenvalue weighted by Gasteiger charge is 2.39. The summed E-state index contributed by atoms with van der Waals surface area (Å²) in [5.41, 5.74) is 0.550. The summed E-state index contributed by atoms with van der Waals surface area (Å²) in [4.78, 5) is 31.2. The summed E-state index contributed by atoms with van der Waals surface area (Å²) in [6, 6.07) is 5.72. The van der Waals surface area contributed by atoms with Gasteiger partial charge in [-0.3, -0.25) is 9.59 Å². The van der Waals surface area contributed by atoms with E-state index in [2.05, 4.69) is 16.0 Å². The molecule has 2 aliphatic heterocycles. The van der Waals surface area contributed by atoms with Gasteiger partial charge in [-0.15, -0.1) is 0 Å². The SMILES string of the molecule is N#Cc1cccnc1N1CCC(N2C[C@H](C(=O)O)CC2=O)CC1. The normalized spacial score (nSPS) is 22.2. The zero-order chi connectivity index (χ0) is 16.4. The van der Waals surface area contributed by atoms with Gasteiger partial charge in [0.1, 0.15) is 11.9 Å². The third-order valence-corrected chi connectivity index (χ3v) is 4.62. The molecule has 1 amide bonds. The van der Waals surface area contributed by atoms with Crippen LogP contribution in [-0.2, 0) is 9.59 Å². The number of carbonyl (C=O) groups excluding carboxylic acids is 1. The molecule has 1 atom stereocenters. The van der Waals surface area contributed by atoms with E-state index in [0.29, 0.717) is 31.0 Å². The Labute approximate surface area is 134 Å². The van der Waals surface area contributed by atoms with E-state index in [4.69, 9.17) is 10.4 Å². The first-order valence-electron chi connectivity index (χ1n) is 7.72. The van der Waals surface area contributed by atoms with Crippen LogP contribution in [0.1, 0.15) is 24.8 Å². The molecule has 0 bridgehead atoms. The van der Waals surface area contributed by atoms with E-state index in [1.807, 2.05) is 0 Å². The van der Waals surface area contributed by atoms with Crippen molar-refractivity contribution >= 4 is 17.7 Å². The zero-order valence-corrected chi connectivity index (χ0v) is 12.7. The van der Waals surface area contributed by atoms with Crippen molar-refractivity contribution in [1.82, 2.24) is 9.88 Å². The largest absolute Gasteiger partial charge is 0.481 e. The lowest BCUT2D eigenvalue weighted by atomic mass is 10.0. The average Bonchev–Trinajstić information content (AvgIpc) is 2.97. The molecule has 23 heavy (non-hydrogen) atoms. The van der Waals surface area contributed by atoms with Crippen LogP contribution in [0.4, 0.5) is 5.82 Å². The minimum Gasteiger partial charge on any atom is -0.481 e. The van der Waals surface area contributed by atoms with Crippen molar-refractivity contribution in [3.05, 3.63) is 23.9 Å². The minimum absolute atomic E-state index is 0.0635. The van der Waals surface area contributed by atoms with Crippen molar-refractivity contribution in [2.75, 3.05) is 24.5 Å². The smallest absolute Gasteiger partial charge is 0.308 e. The Kier molecular flexibility index (Phi) is 4.15. The quantitative estimate of drug-likeness (QED) is 0.888. The fourth-order valence-electron chi connectivity index (χ4n) is 3.38. The average molecular weight is 314 g/mol. The first kappa shape index (κ1) is 15.3. The molecular weight excluding hydrogens is 296 g/mol. The molecule has 1 N–H and O–H groups in total. The lowest BCUT2D eigenvalue weighted by Crippen LogP contribution is -2.46. The highest BCUT2D eigenvalue weighted by atomic mass is 16.4. The summed E-state index contributed by atoms with van der Waals surface area (Å²) in [7, 11) is 0. The van der Waals surface area contributed by atoms with E-state index in [1.165, 1.54) is 0 Å². The van der Waals surface area contributed by atoms with Crippen LogP contribution in [0.3, 0.4) is 0 Å². The maximum Gasteiger partial charge on any atom is 0.308 e. The number of aliphatic carboxylic acids is 1. The summed E-state index contributed by atoms with van der Waals surface area (Å²) in [5.74, 6) is -0.858. The van der Waals surface area contributed by atoms with Gasteiger partial charge in [0.05, 0.1) is 11.5 Å². The van der Waals surface area contributed by atoms with Gasteiger partial charge in [0.2, 0.25) is 5.91 Å². The molecule has 2 fully saturated rings. The lowest BCUT2D eigenvalue weighted by Gasteiger charge is -2.37. The van der Waals surface area contributed by atoms with E-state index in [9.17, 15) is 9.59 Å². The molecule has 120 valence electrons. The Bertz CT molecular complexity index is 662. The van der Waals surface area contributed by atoms with E-state index in [0.717, 1.165) is 12.8 Å². The summed E-state index contributed by atoms with van der Waals surface area (Å²) in [5, 5.41) is 18.2. The van der Waals surface area contributed by atoms with E-state index in [1.54, 1.807) is 23.2 Å². The molecule has 1 aromatic heterocycles. The Morgan fingerprint density at radius 2 is 2.13 bits per heavy atom. The van der Waals surface area contributed by atoms with Crippen molar-refractivity contribution in [3.8, 4) is 6.07 Å². The third-order valence-electron chi connectivity index (χ3n) is 4.62. The van der Waals surface area contributed by atoms with Crippen LogP contribution < -0.4 is 4.90 Å². The summed E-state index contributed by atoms with van der Waals surface area (Å²) >= 11 is 0. The number of likely N-dealkylation sites (tertiary alicyclic amines) is 1.